The van der Waals surface area contributed by atoms with Gasteiger partial charge in [0.25, 0.3) is 0 Å². The first-order valence-corrected chi connectivity index (χ1v) is 9.60. The van der Waals surface area contributed by atoms with Crippen molar-refractivity contribution in [2.24, 2.45) is 0 Å². The van der Waals surface area contributed by atoms with Crippen LogP contribution in [0.3, 0.4) is 0 Å². The van der Waals surface area contributed by atoms with Crippen LogP contribution in [0.4, 0.5) is 19.0 Å². The fourth-order valence-electron chi connectivity index (χ4n) is 3.05. The molecule has 0 bridgehead atoms. The number of carboxylic acids is 1. The third-order valence-electron chi connectivity index (χ3n) is 4.38. The maximum absolute atomic E-state index is 10.6. The molecule has 0 unspecified atom stereocenters. The van der Waals surface area contributed by atoms with Crippen LogP contribution in [0.2, 0.25) is 0 Å². The zero-order valence-electron chi connectivity index (χ0n) is 17.2. The zero-order valence-corrected chi connectivity index (χ0v) is 17.2. The first-order valence-electron chi connectivity index (χ1n) is 9.60. The predicted molar refractivity (Wildman–Crippen MR) is 106 cm³/mol. The summed E-state index contributed by atoms with van der Waals surface area (Å²) < 4.78 is 31.7. The molecule has 3 rings (SSSR count). The van der Waals surface area contributed by atoms with E-state index in [1.807, 2.05) is 13.0 Å². The molecular weight excluding hydrogens is 399 g/mol. The molecule has 164 valence electrons. The molecule has 30 heavy (non-hydrogen) atoms. The van der Waals surface area contributed by atoms with E-state index >= 15 is 0 Å². The molecule has 0 fully saturated rings. The smallest absolute Gasteiger partial charge is 0.475 e. The highest BCUT2D eigenvalue weighted by Crippen LogP contribution is 2.21. The van der Waals surface area contributed by atoms with Crippen molar-refractivity contribution >= 4 is 11.8 Å². The van der Waals surface area contributed by atoms with E-state index in [1.54, 1.807) is 6.33 Å². The molecule has 2 N–H and O–H groups in total. The molecule has 7 nitrogen and oxygen atoms in total. The lowest BCUT2D eigenvalue weighted by molar-refractivity contribution is -0.192. The monoisotopic (exact) mass is 425 g/mol. The van der Waals surface area contributed by atoms with Crippen molar-refractivity contribution in [3.8, 4) is 0 Å². The maximum atomic E-state index is 10.6. The normalized spacial score (nSPS) is 14.4. The molecule has 1 aliphatic rings. The molecule has 0 aromatic carbocycles. The van der Waals surface area contributed by atoms with Gasteiger partial charge in [-0.05, 0) is 39.3 Å². The molecule has 1 aliphatic heterocycles. The van der Waals surface area contributed by atoms with E-state index in [4.69, 9.17) is 9.90 Å². The number of carboxylic acid groups (broad SMARTS) is 1. The molecular formula is C20H26F3N5O2. The second-order valence-corrected chi connectivity index (χ2v) is 7.30. The highest BCUT2D eigenvalue weighted by Gasteiger charge is 2.38. The molecule has 0 saturated heterocycles. The number of nitrogens with zero attached hydrogens (tertiary/aromatic N) is 4. The molecule has 2 aromatic heterocycles. The van der Waals surface area contributed by atoms with Gasteiger partial charge in [-0.2, -0.15) is 13.2 Å². The summed E-state index contributed by atoms with van der Waals surface area (Å²) in [6.45, 7) is 9.25. The van der Waals surface area contributed by atoms with Gasteiger partial charge in [0, 0.05) is 43.4 Å². The Balaban J connectivity index is 0.000000396. The Kier molecular flexibility index (Phi) is 8.10. The summed E-state index contributed by atoms with van der Waals surface area (Å²) in [5.74, 6) is -1.76. The van der Waals surface area contributed by atoms with Crippen molar-refractivity contribution in [1.82, 2.24) is 19.9 Å². The van der Waals surface area contributed by atoms with Crippen molar-refractivity contribution in [3.05, 3.63) is 47.2 Å². The van der Waals surface area contributed by atoms with Gasteiger partial charge in [0.05, 0.1) is 11.4 Å². The molecule has 0 saturated carbocycles. The molecule has 0 radical (unpaired) electrons. The van der Waals surface area contributed by atoms with Gasteiger partial charge in [0.15, 0.2) is 0 Å². The highest BCUT2D eigenvalue weighted by atomic mass is 19.4. The van der Waals surface area contributed by atoms with Gasteiger partial charge in [-0.3, -0.25) is 9.88 Å². The van der Waals surface area contributed by atoms with Gasteiger partial charge in [-0.15, -0.1) is 0 Å². The van der Waals surface area contributed by atoms with Crippen LogP contribution in [-0.2, 0) is 24.2 Å². The van der Waals surface area contributed by atoms with E-state index < -0.39 is 12.1 Å². The lowest BCUT2D eigenvalue weighted by Crippen LogP contribution is -2.26. The summed E-state index contributed by atoms with van der Waals surface area (Å²) in [5, 5.41) is 10.6. The number of hydrogen-bond donors (Lipinski definition) is 2. The Labute approximate surface area is 173 Å². The number of aliphatic carboxylic acids is 1. The number of nitrogens with one attached hydrogen (secondary N) is 1. The van der Waals surface area contributed by atoms with Gasteiger partial charge < -0.3 is 10.4 Å². The minimum Gasteiger partial charge on any atom is -0.475 e. The molecule has 0 aliphatic carbocycles. The first-order chi connectivity index (χ1) is 14.1. The van der Waals surface area contributed by atoms with Crippen molar-refractivity contribution in [2.75, 3.05) is 18.4 Å². The fraction of sp³-hybridized carbons (Fsp3) is 0.500. The standard InChI is InChI=1S/C18H25N5.C2HF3O2/c1-13(2)21-18-16-7-9-23(10-8-17(16)19-12-20-18)11-15-6-4-5-14(3)22-15;3-2(4,5)1(6)7/h4-6,12-13H,7-11H2,1-3H3,(H,19,20,21);(H,6,7). The van der Waals surface area contributed by atoms with E-state index in [-0.39, 0.29) is 0 Å². The van der Waals surface area contributed by atoms with Crippen molar-refractivity contribution < 1.29 is 23.1 Å². The van der Waals surface area contributed by atoms with E-state index in [2.05, 4.69) is 51.1 Å². The summed E-state index contributed by atoms with van der Waals surface area (Å²) in [7, 11) is 0. The number of carbonyl (C=O) groups is 1. The number of anilines is 1. The summed E-state index contributed by atoms with van der Waals surface area (Å²) >= 11 is 0. The molecule has 0 spiro atoms. The number of rotatable bonds is 4. The lowest BCUT2D eigenvalue weighted by atomic mass is 10.1. The van der Waals surface area contributed by atoms with E-state index in [0.29, 0.717) is 6.04 Å². The summed E-state index contributed by atoms with van der Waals surface area (Å²) in [5.41, 5.74) is 4.68. The van der Waals surface area contributed by atoms with Crippen LogP contribution in [0.1, 0.15) is 36.5 Å². The Hall–Kier alpha value is -2.75. The molecule has 3 heterocycles. The van der Waals surface area contributed by atoms with Crippen LogP contribution in [0, 0.1) is 6.92 Å². The number of halogens is 3. The average molecular weight is 425 g/mol. The van der Waals surface area contributed by atoms with E-state index in [1.165, 1.54) is 11.3 Å². The van der Waals surface area contributed by atoms with Crippen LogP contribution >= 0.6 is 0 Å². The van der Waals surface area contributed by atoms with Gasteiger partial charge in [0.1, 0.15) is 12.1 Å². The number of aryl methyl sites for hydroxylation is 1. The van der Waals surface area contributed by atoms with Crippen LogP contribution in [0.5, 0.6) is 0 Å². The summed E-state index contributed by atoms with van der Waals surface area (Å²) in [6.07, 6.45) is -1.45. The van der Waals surface area contributed by atoms with Crippen LogP contribution in [-0.4, -0.2) is 56.2 Å². The largest absolute Gasteiger partial charge is 0.490 e. The predicted octanol–water partition coefficient (Wildman–Crippen LogP) is 3.23. The summed E-state index contributed by atoms with van der Waals surface area (Å²) in [6, 6.07) is 6.61. The Morgan fingerprint density at radius 3 is 2.50 bits per heavy atom. The zero-order chi connectivity index (χ0) is 22.3. The van der Waals surface area contributed by atoms with Crippen molar-refractivity contribution in [2.45, 2.75) is 52.4 Å². The number of fused-ring (bicyclic) bond motifs is 1. The SMILES string of the molecule is Cc1cccc(CN2CCc3ncnc(NC(C)C)c3CC2)n1.O=C(O)C(F)(F)F. The first kappa shape index (κ1) is 23.5. The molecule has 0 atom stereocenters. The van der Waals surface area contributed by atoms with Gasteiger partial charge >= 0.3 is 12.1 Å². The Bertz CT molecular complexity index is 859. The topological polar surface area (TPSA) is 91.2 Å². The number of alkyl halides is 3. The van der Waals surface area contributed by atoms with Crippen molar-refractivity contribution in [1.29, 1.82) is 0 Å². The molecule has 0 amide bonds. The lowest BCUT2D eigenvalue weighted by Gasteiger charge is -2.19. The highest BCUT2D eigenvalue weighted by molar-refractivity contribution is 5.73. The average Bonchev–Trinajstić information content (AvgIpc) is 2.84. The minimum atomic E-state index is -5.08. The van der Waals surface area contributed by atoms with Crippen molar-refractivity contribution in [3.63, 3.8) is 0 Å². The van der Waals surface area contributed by atoms with Gasteiger partial charge in [0.2, 0.25) is 0 Å². The third-order valence-corrected chi connectivity index (χ3v) is 4.38. The second kappa shape index (κ2) is 10.3. The third kappa shape index (κ3) is 7.25. The fourth-order valence-corrected chi connectivity index (χ4v) is 3.05. The van der Waals surface area contributed by atoms with Gasteiger partial charge in [-0.25, -0.2) is 14.8 Å². The number of aromatic nitrogens is 3. The quantitative estimate of drug-likeness (QED) is 0.777. The Morgan fingerprint density at radius 1 is 1.23 bits per heavy atom. The number of hydrogen-bond acceptors (Lipinski definition) is 6. The van der Waals surface area contributed by atoms with Crippen LogP contribution < -0.4 is 5.32 Å². The Morgan fingerprint density at radius 2 is 1.90 bits per heavy atom. The maximum Gasteiger partial charge on any atom is 0.490 e. The molecule has 2 aromatic rings. The van der Waals surface area contributed by atoms with Gasteiger partial charge in [-0.1, -0.05) is 6.07 Å². The minimum absolute atomic E-state index is 0.379. The van der Waals surface area contributed by atoms with Crippen LogP contribution in [0.25, 0.3) is 0 Å². The van der Waals surface area contributed by atoms with E-state index in [9.17, 15) is 13.2 Å². The van der Waals surface area contributed by atoms with E-state index in [0.717, 1.165) is 49.7 Å². The second-order valence-electron chi connectivity index (χ2n) is 7.30. The van der Waals surface area contributed by atoms with Crippen LogP contribution in [0.15, 0.2) is 24.5 Å². The number of pyridine rings is 1. The summed E-state index contributed by atoms with van der Waals surface area (Å²) in [4.78, 5) is 24.9. The molecule has 10 heteroatoms.